The van der Waals surface area contributed by atoms with Crippen LogP contribution in [0.3, 0.4) is 0 Å². The summed E-state index contributed by atoms with van der Waals surface area (Å²) in [6.07, 6.45) is 0. The number of thiophene rings is 1. The van der Waals surface area contributed by atoms with Gasteiger partial charge in [-0.25, -0.2) is 9.37 Å². The summed E-state index contributed by atoms with van der Waals surface area (Å²) in [5.74, 6) is 0.456. The van der Waals surface area contributed by atoms with Gasteiger partial charge in [-0.3, -0.25) is 0 Å². The van der Waals surface area contributed by atoms with Crippen molar-refractivity contribution in [1.29, 1.82) is 0 Å². The lowest BCUT2D eigenvalue weighted by atomic mass is 10.1. The first-order chi connectivity index (χ1) is 9.99. The average molecular weight is 388 g/mol. The molecule has 3 rings (SSSR count). The first-order valence-corrected chi connectivity index (χ1v) is 8.69. The molecule has 2 atom stereocenters. The number of aromatic nitrogens is 2. The van der Waals surface area contributed by atoms with E-state index in [1.165, 1.54) is 11.6 Å². The zero-order chi connectivity index (χ0) is 15.1. The van der Waals surface area contributed by atoms with Gasteiger partial charge in [-0.05, 0) is 58.2 Å². The van der Waals surface area contributed by atoms with Crippen LogP contribution in [-0.4, -0.2) is 9.55 Å². The molecule has 21 heavy (non-hydrogen) atoms. The molecule has 1 aromatic carbocycles. The van der Waals surface area contributed by atoms with Crippen molar-refractivity contribution in [2.24, 2.45) is 0 Å². The summed E-state index contributed by atoms with van der Waals surface area (Å²) in [5, 5.41) is 3.88. The number of fused-ring (bicyclic) bond motifs is 1. The Hall–Kier alpha value is -0.910. The standard InChI is InChI=1S/C15H13BrClFN2S/c1-8(17)15-19-13-5-11(16)12(18)6-14(13)20(15)9(2)10-3-4-21-7-10/h3-9H,1-2H3. The third kappa shape index (κ3) is 2.62. The molecule has 0 aliphatic rings. The number of halogens is 3. The molecule has 0 amide bonds. The highest BCUT2D eigenvalue weighted by Gasteiger charge is 2.21. The Balaban J connectivity index is 2.27. The van der Waals surface area contributed by atoms with Crippen molar-refractivity contribution in [2.45, 2.75) is 25.3 Å². The molecule has 0 bridgehead atoms. The Bertz CT molecular complexity index is 783. The van der Waals surface area contributed by atoms with Crippen molar-refractivity contribution in [1.82, 2.24) is 9.55 Å². The third-order valence-electron chi connectivity index (χ3n) is 3.53. The fraction of sp³-hybridized carbons (Fsp3) is 0.267. The van der Waals surface area contributed by atoms with E-state index in [4.69, 9.17) is 11.6 Å². The van der Waals surface area contributed by atoms with E-state index < -0.39 is 0 Å². The lowest BCUT2D eigenvalue weighted by Gasteiger charge is -2.18. The molecule has 0 saturated carbocycles. The normalized spacial score (nSPS) is 14.5. The van der Waals surface area contributed by atoms with Crippen LogP contribution in [0.2, 0.25) is 0 Å². The average Bonchev–Trinajstić information content (AvgIpc) is 3.06. The minimum atomic E-state index is -0.296. The zero-order valence-electron chi connectivity index (χ0n) is 11.5. The Morgan fingerprint density at radius 3 is 2.76 bits per heavy atom. The maximum absolute atomic E-state index is 13.9. The van der Waals surface area contributed by atoms with E-state index in [1.807, 2.05) is 16.9 Å². The summed E-state index contributed by atoms with van der Waals surface area (Å²) < 4.78 is 16.4. The Labute approximate surface area is 139 Å². The summed E-state index contributed by atoms with van der Waals surface area (Å²) >= 11 is 11.1. The molecule has 110 valence electrons. The molecule has 0 spiro atoms. The number of hydrogen-bond donors (Lipinski definition) is 0. The van der Waals surface area contributed by atoms with E-state index in [9.17, 15) is 4.39 Å². The summed E-state index contributed by atoms with van der Waals surface area (Å²) in [7, 11) is 0. The minimum Gasteiger partial charge on any atom is -0.319 e. The molecule has 0 N–H and O–H groups in total. The number of nitrogens with zero attached hydrogens (tertiary/aromatic N) is 2. The van der Waals surface area contributed by atoms with E-state index in [0.29, 0.717) is 4.47 Å². The topological polar surface area (TPSA) is 17.8 Å². The van der Waals surface area contributed by atoms with Crippen LogP contribution in [0.1, 0.15) is 36.7 Å². The van der Waals surface area contributed by atoms with Crippen LogP contribution in [0.4, 0.5) is 4.39 Å². The quantitative estimate of drug-likeness (QED) is 0.511. The van der Waals surface area contributed by atoms with Gasteiger partial charge in [0.05, 0.1) is 26.9 Å². The third-order valence-corrected chi connectivity index (χ3v) is 5.03. The van der Waals surface area contributed by atoms with Crippen LogP contribution in [-0.2, 0) is 0 Å². The Kier molecular flexibility index (Phi) is 4.08. The number of imidazole rings is 1. The summed E-state index contributed by atoms with van der Waals surface area (Å²) in [4.78, 5) is 4.58. The van der Waals surface area contributed by atoms with Crippen molar-refractivity contribution in [3.63, 3.8) is 0 Å². The van der Waals surface area contributed by atoms with E-state index in [2.05, 4.69) is 39.3 Å². The number of benzene rings is 1. The monoisotopic (exact) mass is 386 g/mol. The molecule has 2 nitrogen and oxygen atoms in total. The van der Waals surface area contributed by atoms with Crippen molar-refractivity contribution in [3.05, 3.63) is 50.6 Å². The fourth-order valence-corrected chi connectivity index (χ4v) is 3.69. The van der Waals surface area contributed by atoms with Gasteiger partial charge in [-0.1, -0.05) is 0 Å². The van der Waals surface area contributed by atoms with Crippen LogP contribution in [0.15, 0.2) is 33.4 Å². The van der Waals surface area contributed by atoms with Gasteiger partial charge in [0, 0.05) is 6.07 Å². The van der Waals surface area contributed by atoms with Gasteiger partial charge in [0.1, 0.15) is 11.6 Å². The molecule has 0 aliphatic carbocycles. The van der Waals surface area contributed by atoms with Crippen molar-refractivity contribution >= 4 is 49.9 Å². The van der Waals surface area contributed by atoms with E-state index in [1.54, 1.807) is 17.4 Å². The minimum absolute atomic E-state index is 0.0537. The molecule has 2 aromatic heterocycles. The van der Waals surface area contributed by atoms with Crippen molar-refractivity contribution in [3.8, 4) is 0 Å². The molecule has 0 aliphatic heterocycles. The summed E-state index contributed by atoms with van der Waals surface area (Å²) in [5.41, 5.74) is 2.67. The predicted molar refractivity (Wildman–Crippen MR) is 89.8 cm³/mol. The van der Waals surface area contributed by atoms with E-state index in [0.717, 1.165) is 16.9 Å². The first kappa shape index (κ1) is 15.0. The molecule has 0 radical (unpaired) electrons. The second-order valence-electron chi connectivity index (χ2n) is 4.94. The summed E-state index contributed by atoms with van der Waals surface area (Å²) in [6.45, 7) is 3.96. The molecular formula is C15H13BrClFN2S. The maximum atomic E-state index is 13.9. The Morgan fingerprint density at radius 1 is 1.38 bits per heavy atom. The van der Waals surface area contributed by atoms with Crippen LogP contribution >= 0.6 is 38.9 Å². The lowest BCUT2D eigenvalue weighted by molar-refractivity contribution is 0.608. The second-order valence-corrected chi connectivity index (χ2v) is 7.23. The highest BCUT2D eigenvalue weighted by Crippen LogP contribution is 2.33. The van der Waals surface area contributed by atoms with Gasteiger partial charge in [-0.15, -0.1) is 11.6 Å². The van der Waals surface area contributed by atoms with Gasteiger partial charge >= 0.3 is 0 Å². The van der Waals surface area contributed by atoms with Gasteiger partial charge < -0.3 is 4.57 Å². The molecule has 3 aromatic rings. The molecule has 6 heteroatoms. The lowest BCUT2D eigenvalue weighted by Crippen LogP contribution is -2.10. The molecule has 2 heterocycles. The molecule has 2 unspecified atom stereocenters. The molecular weight excluding hydrogens is 375 g/mol. The maximum Gasteiger partial charge on any atom is 0.139 e. The highest BCUT2D eigenvalue weighted by atomic mass is 79.9. The van der Waals surface area contributed by atoms with Crippen LogP contribution < -0.4 is 0 Å². The van der Waals surface area contributed by atoms with Crippen LogP contribution in [0.5, 0.6) is 0 Å². The van der Waals surface area contributed by atoms with E-state index >= 15 is 0 Å². The van der Waals surface area contributed by atoms with Crippen LogP contribution in [0, 0.1) is 5.82 Å². The predicted octanol–water partition coefficient (Wildman–Crippen LogP) is 5.91. The van der Waals surface area contributed by atoms with Gasteiger partial charge in [0.2, 0.25) is 0 Å². The van der Waals surface area contributed by atoms with Crippen molar-refractivity contribution in [2.75, 3.05) is 0 Å². The molecule has 0 fully saturated rings. The fourth-order valence-electron chi connectivity index (χ4n) is 2.46. The number of alkyl halides is 1. The largest absolute Gasteiger partial charge is 0.319 e. The van der Waals surface area contributed by atoms with Crippen molar-refractivity contribution < 1.29 is 4.39 Å². The smallest absolute Gasteiger partial charge is 0.139 e. The zero-order valence-corrected chi connectivity index (χ0v) is 14.6. The van der Waals surface area contributed by atoms with Gasteiger partial charge in [0.15, 0.2) is 0 Å². The van der Waals surface area contributed by atoms with E-state index in [-0.39, 0.29) is 17.2 Å². The van der Waals surface area contributed by atoms with Crippen LogP contribution in [0.25, 0.3) is 11.0 Å². The Morgan fingerprint density at radius 2 is 2.14 bits per heavy atom. The summed E-state index contributed by atoms with van der Waals surface area (Å²) in [6, 6.07) is 5.33. The molecule has 0 saturated heterocycles. The number of rotatable bonds is 3. The SMILES string of the molecule is CC(Cl)c1nc2cc(Br)c(F)cc2n1C(C)c1ccsc1. The number of hydrogen-bond acceptors (Lipinski definition) is 2. The highest BCUT2D eigenvalue weighted by molar-refractivity contribution is 9.10. The van der Waals surface area contributed by atoms with Gasteiger partial charge in [-0.2, -0.15) is 11.3 Å². The first-order valence-electron chi connectivity index (χ1n) is 6.52. The second kappa shape index (κ2) is 5.71. The van der Waals surface area contributed by atoms with Gasteiger partial charge in [0.25, 0.3) is 0 Å².